The molecule has 1 aromatic rings. The van der Waals surface area contributed by atoms with E-state index in [9.17, 15) is 14.7 Å². The molecule has 0 bridgehead atoms. The Bertz CT molecular complexity index is 492. The zero-order chi connectivity index (χ0) is 15.2. The van der Waals surface area contributed by atoms with Crippen molar-refractivity contribution in [1.29, 1.82) is 0 Å². The Kier molecular flexibility index (Phi) is 5.14. The number of pyridine rings is 1. The lowest BCUT2D eigenvalue weighted by Gasteiger charge is -2.30. The molecule has 0 spiro atoms. The minimum absolute atomic E-state index is 0.251. The predicted octanol–water partition coefficient (Wildman–Crippen LogP) is 1.87. The molecule has 2 rings (SSSR count). The number of aliphatic carboxylic acids is 1. The number of urea groups is 1. The molecule has 1 fully saturated rings. The van der Waals surface area contributed by atoms with Crippen LogP contribution in [-0.2, 0) is 11.3 Å². The average Bonchev–Trinajstić information content (AvgIpc) is 2.48. The number of aromatic nitrogens is 1. The molecule has 0 aromatic carbocycles. The number of carboxylic acids is 1. The van der Waals surface area contributed by atoms with Crippen molar-refractivity contribution in [3.05, 3.63) is 30.1 Å². The third-order valence-corrected chi connectivity index (χ3v) is 3.86. The maximum absolute atomic E-state index is 12.2. The zero-order valence-electron chi connectivity index (χ0n) is 12.2. The van der Waals surface area contributed by atoms with Crippen LogP contribution < -0.4 is 5.32 Å². The molecule has 1 saturated carbocycles. The van der Waals surface area contributed by atoms with Gasteiger partial charge in [0, 0.05) is 19.3 Å². The molecule has 1 heterocycles. The Morgan fingerprint density at radius 2 is 2.14 bits per heavy atom. The maximum atomic E-state index is 12.2. The minimum Gasteiger partial charge on any atom is -0.481 e. The van der Waals surface area contributed by atoms with E-state index in [1.54, 1.807) is 13.2 Å². The quantitative estimate of drug-likeness (QED) is 0.887. The molecule has 2 atom stereocenters. The number of nitrogens with one attached hydrogen (secondary N) is 1. The highest BCUT2D eigenvalue weighted by atomic mass is 16.4. The first-order valence-corrected chi connectivity index (χ1v) is 7.22. The normalized spacial score (nSPS) is 21.6. The molecule has 0 aliphatic heterocycles. The van der Waals surface area contributed by atoms with E-state index in [1.807, 2.05) is 18.2 Å². The van der Waals surface area contributed by atoms with Crippen molar-refractivity contribution in [2.45, 2.75) is 38.3 Å². The first kappa shape index (κ1) is 15.3. The molecule has 1 aromatic heterocycles. The molecule has 2 unspecified atom stereocenters. The Morgan fingerprint density at radius 3 is 2.81 bits per heavy atom. The van der Waals surface area contributed by atoms with Crippen LogP contribution in [0.4, 0.5) is 4.79 Å². The third kappa shape index (κ3) is 4.18. The lowest BCUT2D eigenvalue weighted by atomic mass is 9.84. The molecular formula is C15H21N3O3. The van der Waals surface area contributed by atoms with Gasteiger partial charge in [-0.15, -0.1) is 0 Å². The first-order chi connectivity index (χ1) is 10.1. The van der Waals surface area contributed by atoms with Gasteiger partial charge >= 0.3 is 12.0 Å². The highest BCUT2D eigenvalue weighted by Crippen LogP contribution is 2.24. The Labute approximate surface area is 124 Å². The summed E-state index contributed by atoms with van der Waals surface area (Å²) in [6.45, 7) is 0.400. The lowest BCUT2D eigenvalue weighted by molar-refractivity contribution is -0.143. The van der Waals surface area contributed by atoms with Crippen molar-refractivity contribution in [2.24, 2.45) is 5.92 Å². The van der Waals surface area contributed by atoms with E-state index >= 15 is 0 Å². The summed E-state index contributed by atoms with van der Waals surface area (Å²) in [7, 11) is 1.68. The van der Waals surface area contributed by atoms with Crippen LogP contribution in [0.2, 0.25) is 0 Å². The first-order valence-electron chi connectivity index (χ1n) is 7.22. The average molecular weight is 291 g/mol. The SMILES string of the molecule is CN(Cc1ccccn1)C(=O)NC1CCCCC1C(=O)O. The van der Waals surface area contributed by atoms with Gasteiger partial charge in [-0.1, -0.05) is 18.9 Å². The van der Waals surface area contributed by atoms with Crippen molar-refractivity contribution in [1.82, 2.24) is 15.2 Å². The Balaban J connectivity index is 1.91. The van der Waals surface area contributed by atoms with Gasteiger partial charge in [0.05, 0.1) is 18.2 Å². The van der Waals surface area contributed by atoms with Gasteiger partial charge in [-0.25, -0.2) is 4.79 Å². The molecule has 0 saturated heterocycles. The molecule has 0 radical (unpaired) electrons. The van der Waals surface area contributed by atoms with Crippen molar-refractivity contribution >= 4 is 12.0 Å². The number of carboxylic acid groups (broad SMARTS) is 1. The van der Waals surface area contributed by atoms with E-state index < -0.39 is 11.9 Å². The van der Waals surface area contributed by atoms with Crippen LogP contribution in [0.25, 0.3) is 0 Å². The third-order valence-electron chi connectivity index (χ3n) is 3.86. The summed E-state index contributed by atoms with van der Waals surface area (Å²) >= 11 is 0. The van der Waals surface area contributed by atoms with Crippen molar-refractivity contribution in [3.8, 4) is 0 Å². The highest BCUT2D eigenvalue weighted by Gasteiger charge is 2.32. The smallest absolute Gasteiger partial charge is 0.317 e. The van der Waals surface area contributed by atoms with Crippen molar-refractivity contribution in [2.75, 3.05) is 7.05 Å². The second-order valence-corrected chi connectivity index (χ2v) is 5.46. The number of nitrogens with zero attached hydrogens (tertiary/aromatic N) is 2. The lowest BCUT2D eigenvalue weighted by Crippen LogP contribution is -2.49. The Hall–Kier alpha value is -2.11. The molecule has 6 heteroatoms. The van der Waals surface area contributed by atoms with Gasteiger partial charge in [-0.2, -0.15) is 0 Å². The number of carbonyl (C=O) groups is 2. The molecule has 1 aliphatic rings. The van der Waals surface area contributed by atoms with Crippen LogP contribution in [0.3, 0.4) is 0 Å². The fourth-order valence-electron chi connectivity index (χ4n) is 2.67. The summed E-state index contributed by atoms with van der Waals surface area (Å²) in [6.07, 6.45) is 4.90. The summed E-state index contributed by atoms with van der Waals surface area (Å²) < 4.78 is 0. The largest absolute Gasteiger partial charge is 0.481 e. The number of amides is 2. The number of hydrogen-bond donors (Lipinski definition) is 2. The monoisotopic (exact) mass is 291 g/mol. The van der Waals surface area contributed by atoms with E-state index in [2.05, 4.69) is 10.3 Å². The van der Waals surface area contributed by atoms with Gasteiger partial charge in [0.2, 0.25) is 0 Å². The van der Waals surface area contributed by atoms with Crippen molar-refractivity contribution in [3.63, 3.8) is 0 Å². The minimum atomic E-state index is -0.827. The highest BCUT2D eigenvalue weighted by molar-refractivity contribution is 5.76. The summed E-state index contributed by atoms with van der Waals surface area (Å²) in [5.41, 5.74) is 0.800. The van der Waals surface area contributed by atoms with Crippen molar-refractivity contribution < 1.29 is 14.7 Å². The Morgan fingerprint density at radius 1 is 1.38 bits per heavy atom. The number of rotatable bonds is 4. The van der Waals surface area contributed by atoms with Gasteiger partial charge in [-0.3, -0.25) is 9.78 Å². The van der Waals surface area contributed by atoms with Crippen LogP contribution >= 0.6 is 0 Å². The molecule has 6 nitrogen and oxygen atoms in total. The second kappa shape index (κ2) is 7.06. The maximum Gasteiger partial charge on any atom is 0.317 e. The predicted molar refractivity (Wildman–Crippen MR) is 77.6 cm³/mol. The zero-order valence-corrected chi connectivity index (χ0v) is 12.2. The fraction of sp³-hybridized carbons (Fsp3) is 0.533. The fourth-order valence-corrected chi connectivity index (χ4v) is 2.67. The molecule has 114 valence electrons. The van der Waals surface area contributed by atoms with E-state index in [1.165, 1.54) is 4.90 Å². The van der Waals surface area contributed by atoms with E-state index in [0.717, 1.165) is 25.0 Å². The topological polar surface area (TPSA) is 82.5 Å². The molecule has 2 amide bonds. The van der Waals surface area contributed by atoms with Crippen LogP contribution in [0.15, 0.2) is 24.4 Å². The van der Waals surface area contributed by atoms with E-state index in [0.29, 0.717) is 13.0 Å². The summed E-state index contributed by atoms with van der Waals surface area (Å²) in [6, 6.07) is 5.01. The van der Waals surface area contributed by atoms with E-state index in [4.69, 9.17) is 0 Å². The van der Waals surface area contributed by atoms with Crippen LogP contribution in [0.5, 0.6) is 0 Å². The van der Waals surface area contributed by atoms with Gasteiger partial charge in [0.15, 0.2) is 0 Å². The van der Waals surface area contributed by atoms with Gasteiger partial charge in [0.1, 0.15) is 0 Å². The molecule has 1 aliphatic carbocycles. The van der Waals surface area contributed by atoms with E-state index in [-0.39, 0.29) is 12.1 Å². The molecule has 2 N–H and O–H groups in total. The van der Waals surface area contributed by atoms with Gasteiger partial charge in [-0.05, 0) is 25.0 Å². The molecular weight excluding hydrogens is 270 g/mol. The summed E-state index contributed by atoms with van der Waals surface area (Å²) in [4.78, 5) is 29.1. The van der Waals surface area contributed by atoms with Gasteiger partial charge in [0.25, 0.3) is 0 Å². The number of hydrogen-bond acceptors (Lipinski definition) is 3. The standard InChI is InChI=1S/C15H21N3O3/c1-18(10-11-6-4-5-9-16-11)15(21)17-13-8-3-2-7-12(13)14(19)20/h4-6,9,12-13H,2-3,7-8,10H2,1H3,(H,17,21)(H,19,20). The summed E-state index contributed by atoms with van der Waals surface area (Å²) in [5, 5.41) is 12.1. The number of carbonyl (C=O) groups excluding carboxylic acids is 1. The second-order valence-electron chi connectivity index (χ2n) is 5.46. The van der Waals surface area contributed by atoms with Crippen LogP contribution in [0, 0.1) is 5.92 Å². The van der Waals surface area contributed by atoms with Gasteiger partial charge < -0.3 is 15.3 Å². The van der Waals surface area contributed by atoms with Crippen LogP contribution in [0.1, 0.15) is 31.4 Å². The van der Waals surface area contributed by atoms with Crippen LogP contribution in [-0.4, -0.2) is 40.1 Å². The molecule has 21 heavy (non-hydrogen) atoms. The summed E-state index contributed by atoms with van der Waals surface area (Å²) in [5.74, 6) is -1.31.